The first kappa shape index (κ1) is 34.2. The minimum absolute atomic E-state index is 0.514. The Labute approximate surface area is 300 Å². The molecule has 262 valence electrons. The molecular weight excluding hydrogens is 635 g/mol. The topological polar surface area (TPSA) is 87.5 Å². The lowest BCUT2D eigenvalue weighted by Gasteiger charge is -2.36. The van der Waals surface area contributed by atoms with E-state index in [9.17, 15) is 0 Å². The van der Waals surface area contributed by atoms with Crippen molar-refractivity contribution in [3.63, 3.8) is 0 Å². The van der Waals surface area contributed by atoms with Crippen LogP contribution in [0.2, 0.25) is 0 Å². The second-order valence-corrected chi connectivity index (χ2v) is 13.8. The smallest absolute Gasteiger partial charge is 0.270 e. The maximum atomic E-state index is 6.98. The molecule has 6 heterocycles. The number of benzene rings is 2. The van der Waals surface area contributed by atoms with Crippen LogP contribution in [0.1, 0.15) is 47.9 Å². The van der Waals surface area contributed by atoms with Gasteiger partial charge in [-0.2, -0.15) is 0 Å². The molecular formula is C40H47N11. The minimum Gasteiger partial charge on any atom is -0.334 e. The standard InChI is InChI=1S/C21H24N6.C19H23N5/c1-5-15-8-16(17-11-27(12-17)13-22-2)6-7-19(15)26(4)21-9-20-18(10-23-21)24-14-25(20)3;1-4-13-7-14(15-9-20-10-15)5-6-17(13)24(3)19-8-18-16(11-21-19)22-12-23(18)2/h6-10,14,17H,5,11-13H2,1,3-4H3;5-8,11-12,15,20H,4,9-10H2,1-3H3. The Kier molecular flexibility index (Phi) is 9.71. The molecule has 0 amide bonds. The monoisotopic (exact) mass is 681 g/mol. The zero-order valence-corrected chi connectivity index (χ0v) is 30.5. The lowest BCUT2D eigenvalue weighted by molar-refractivity contribution is 0.166. The number of aryl methyl sites for hydroxylation is 4. The van der Waals surface area contributed by atoms with Gasteiger partial charge in [0.15, 0.2) is 0 Å². The van der Waals surface area contributed by atoms with Crippen LogP contribution in [0.4, 0.5) is 23.0 Å². The number of imidazole rings is 2. The molecule has 0 radical (unpaired) electrons. The van der Waals surface area contributed by atoms with Gasteiger partial charge in [-0.3, -0.25) is 4.85 Å². The predicted molar refractivity (Wildman–Crippen MR) is 206 cm³/mol. The van der Waals surface area contributed by atoms with Crippen LogP contribution >= 0.6 is 0 Å². The first-order valence-electron chi connectivity index (χ1n) is 17.8. The Bertz CT molecular complexity index is 2200. The summed E-state index contributed by atoms with van der Waals surface area (Å²) in [4.78, 5) is 27.9. The van der Waals surface area contributed by atoms with Crippen LogP contribution in [0, 0.1) is 6.57 Å². The first-order chi connectivity index (χ1) is 24.8. The summed E-state index contributed by atoms with van der Waals surface area (Å²) in [5.41, 5.74) is 11.9. The Morgan fingerprint density at radius 1 is 0.725 bits per heavy atom. The van der Waals surface area contributed by atoms with Crippen molar-refractivity contribution in [2.24, 2.45) is 14.1 Å². The molecule has 0 unspecified atom stereocenters. The zero-order valence-electron chi connectivity index (χ0n) is 30.5. The lowest BCUT2D eigenvalue weighted by atomic mass is 9.90. The van der Waals surface area contributed by atoms with Gasteiger partial charge in [0.25, 0.3) is 6.67 Å². The highest BCUT2D eigenvalue weighted by molar-refractivity contribution is 5.80. The van der Waals surface area contributed by atoms with Crippen molar-refractivity contribution in [1.29, 1.82) is 0 Å². The Morgan fingerprint density at radius 3 is 1.65 bits per heavy atom. The van der Waals surface area contributed by atoms with Crippen LogP contribution in [0.3, 0.4) is 0 Å². The van der Waals surface area contributed by atoms with E-state index in [2.05, 4.69) is 121 Å². The van der Waals surface area contributed by atoms with Gasteiger partial charge in [-0.15, -0.1) is 0 Å². The summed E-state index contributed by atoms with van der Waals surface area (Å²) in [6, 6.07) is 17.8. The average molecular weight is 682 g/mol. The molecule has 2 aromatic carbocycles. The van der Waals surface area contributed by atoms with E-state index >= 15 is 0 Å². The summed E-state index contributed by atoms with van der Waals surface area (Å²) in [5.74, 6) is 3.07. The van der Waals surface area contributed by atoms with E-state index in [0.29, 0.717) is 18.5 Å². The molecule has 0 atom stereocenters. The van der Waals surface area contributed by atoms with E-state index in [1.807, 2.05) is 48.3 Å². The molecule has 2 fully saturated rings. The molecule has 1 N–H and O–H groups in total. The molecule has 11 nitrogen and oxygen atoms in total. The van der Waals surface area contributed by atoms with Gasteiger partial charge >= 0.3 is 0 Å². The lowest BCUT2D eigenvalue weighted by Crippen LogP contribution is -2.44. The second kappa shape index (κ2) is 14.5. The summed E-state index contributed by atoms with van der Waals surface area (Å²) < 4.78 is 4.05. The number of nitrogens with one attached hydrogen (secondary N) is 1. The quantitative estimate of drug-likeness (QED) is 0.172. The minimum atomic E-state index is 0.514. The third-order valence-electron chi connectivity index (χ3n) is 10.5. The predicted octanol–water partition coefficient (Wildman–Crippen LogP) is 6.56. The number of pyridine rings is 2. The maximum Gasteiger partial charge on any atom is 0.270 e. The molecule has 2 aliphatic heterocycles. The molecule has 11 heteroatoms. The number of likely N-dealkylation sites (tertiary alicyclic amines) is 1. The van der Waals surface area contributed by atoms with Gasteiger partial charge < -0.3 is 24.3 Å². The summed E-state index contributed by atoms with van der Waals surface area (Å²) in [6.45, 7) is 16.1. The van der Waals surface area contributed by atoms with E-state index in [4.69, 9.17) is 6.57 Å². The van der Waals surface area contributed by atoms with Crippen molar-refractivity contribution in [2.45, 2.75) is 38.5 Å². The van der Waals surface area contributed by atoms with E-state index in [1.165, 1.54) is 33.6 Å². The number of anilines is 4. The van der Waals surface area contributed by atoms with Gasteiger partial charge in [-0.25, -0.2) is 31.4 Å². The second-order valence-electron chi connectivity index (χ2n) is 13.8. The van der Waals surface area contributed by atoms with Crippen LogP contribution < -0.4 is 15.1 Å². The van der Waals surface area contributed by atoms with Gasteiger partial charge in [0, 0.05) is 89.7 Å². The highest BCUT2D eigenvalue weighted by atomic mass is 15.2. The van der Waals surface area contributed by atoms with Crippen molar-refractivity contribution in [3.05, 3.63) is 107 Å². The summed E-state index contributed by atoms with van der Waals surface area (Å²) in [7, 11) is 8.17. The highest BCUT2D eigenvalue weighted by Gasteiger charge is 2.30. The summed E-state index contributed by atoms with van der Waals surface area (Å²) >= 11 is 0. The van der Waals surface area contributed by atoms with Crippen molar-refractivity contribution < 1.29 is 0 Å². The van der Waals surface area contributed by atoms with E-state index in [1.54, 1.807) is 0 Å². The zero-order chi connectivity index (χ0) is 35.6. The van der Waals surface area contributed by atoms with Crippen molar-refractivity contribution in [1.82, 2.24) is 39.3 Å². The number of aromatic nitrogens is 6. The molecule has 51 heavy (non-hydrogen) atoms. The molecule has 0 saturated carbocycles. The van der Waals surface area contributed by atoms with E-state index in [0.717, 1.165) is 72.7 Å². The Morgan fingerprint density at radius 2 is 1.22 bits per heavy atom. The van der Waals surface area contributed by atoms with Gasteiger partial charge in [0.05, 0.1) is 36.1 Å². The fourth-order valence-corrected chi connectivity index (χ4v) is 7.11. The number of fused-ring (bicyclic) bond motifs is 2. The van der Waals surface area contributed by atoms with Crippen molar-refractivity contribution in [2.75, 3.05) is 56.7 Å². The number of hydrogen-bond acceptors (Lipinski definition) is 8. The molecule has 2 aliphatic rings. The largest absolute Gasteiger partial charge is 0.334 e. The Balaban J connectivity index is 0.000000160. The van der Waals surface area contributed by atoms with Gasteiger partial charge in [-0.1, -0.05) is 38.1 Å². The fraction of sp³-hybridized carbons (Fsp3) is 0.375. The van der Waals surface area contributed by atoms with Gasteiger partial charge in [0.1, 0.15) is 22.7 Å². The molecule has 2 saturated heterocycles. The van der Waals surface area contributed by atoms with E-state index in [-0.39, 0.29) is 0 Å². The average Bonchev–Trinajstić information content (AvgIpc) is 3.69. The Hall–Kier alpha value is -5.31. The number of nitrogens with zero attached hydrogens (tertiary/aromatic N) is 10. The van der Waals surface area contributed by atoms with Crippen LogP contribution in [0.25, 0.3) is 26.9 Å². The molecule has 8 rings (SSSR count). The molecule has 0 aliphatic carbocycles. The fourth-order valence-electron chi connectivity index (χ4n) is 7.11. The highest BCUT2D eigenvalue weighted by Crippen LogP contribution is 2.34. The molecule has 0 spiro atoms. The SMILES string of the molecule is CCc1cc(C2CNC2)ccc1N(C)c1cc2c(cn1)ncn2C.[C-]#[N+]CN1CC(c2ccc(N(C)c3cc4c(cn3)ncn4C)c(CC)c2)C1. The third-order valence-corrected chi connectivity index (χ3v) is 10.5. The number of rotatable bonds is 9. The maximum absolute atomic E-state index is 6.98. The normalized spacial score (nSPS) is 14.8. The molecule has 6 aromatic rings. The summed E-state index contributed by atoms with van der Waals surface area (Å²) in [5, 5.41) is 3.35. The van der Waals surface area contributed by atoms with E-state index < -0.39 is 0 Å². The van der Waals surface area contributed by atoms with Crippen molar-refractivity contribution in [3.8, 4) is 0 Å². The molecule has 0 bridgehead atoms. The van der Waals surface area contributed by atoms with Crippen LogP contribution in [0.5, 0.6) is 0 Å². The summed E-state index contributed by atoms with van der Waals surface area (Å²) in [6.07, 6.45) is 9.32. The van der Waals surface area contributed by atoms with Crippen LogP contribution in [-0.2, 0) is 26.9 Å². The van der Waals surface area contributed by atoms with Gasteiger partial charge in [0.2, 0.25) is 0 Å². The first-order valence-corrected chi connectivity index (χ1v) is 17.8. The van der Waals surface area contributed by atoms with Crippen LogP contribution in [0.15, 0.2) is 73.6 Å². The van der Waals surface area contributed by atoms with Gasteiger partial charge in [-0.05, 0) is 47.2 Å². The number of hydrogen-bond donors (Lipinski definition) is 1. The van der Waals surface area contributed by atoms with Crippen LogP contribution in [-0.4, -0.2) is 80.9 Å². The molecule has 4 aromatic heterocycles. The third kappa shape index (κ3) is 6.77. The van der Waals surface area contributed by atoms with Crippen molar-refractivity contribution >= 4 is 45.1 Å².